The lowest BCUT2D eigenvalue weighted by Gasteiger charge is -2.25. The van der Waals surface area contributed by atoms with Crippen molar-refractivity contribution >= 4 is 29.4 Å². The van der Waals surface area contributed by atoms with Crippen molar-refractivity contribution in [3.63, 3.8) is 0 Å². The van der Waals surface area contributed by atoms with Gasteiger partial charge < -0.3 is 15.6 Å². The van der Waals surface area contributed by atoms with Gasteiger partial charge in [-0.05, 0) is 24.6 Å². The smallest absolute Gasteiger partial charge is 0.292 e. The van der Waals surface area contributed by atoms with Crippen molar-refractivity contribution in [2.24, 2.45) is 0 Å². The van der Waals surface area contributed by atoms with E-state index in [-0.39, 0.29) is 28.9 Å². The molecular formula is C16H17N5O4S. The summed E-state index contributed by atoms with van der Waals surface area (Å²) in [4.78, 5) is 32.3. The molecule has 2 heterocycles. The topological polar surface area (TPSA) is 131 Å². The summed E-state index contributed by atoms with van der Waals surface area (Å²) in [6.07, 6.45) is 2.72. The number of rotatable bonds is 5. The summed E-state index contributed by atoms with van der Waals surface area (Å²) in [5, 5.41) is 10.6. The van der Waals surface area contributed by atoms with Crippen LogP contribution < -0.4 is 15.9 Å². The molecule has 0 bridgehead atoms. The predicted octanol–water partition coefficient (Wildman–Crippen LogP) is 1.08. The summed E-state index contributed by atoms with van der Waals surface area (Å²) in [7, 11) is 0. The molecule has 1 aliphatic heterocycles. The number of phenolic OH excluding ortho intramolecular Hbond substituents is 1. The maximum Gasteiger partial charge on any atom is 0.292 e. The number of benzene rings is 1. The van der Waals surface area contributed by atoms with E-state index in [9.17, 15) is 14.7 Å². The number of aromatic hydroxyl groups is 1. The van der Waals surface area contributed by atoms with E-state index in [1.54, 1.807) is 19.1 Å². The first kappa shape index (κ1) is 17.8. The average Bonchev–Trinajstić information content (AvgIpc) is 2.98. The van der Waals surface area contributed by atoms with E-state index in [2.05, 4.69) is 15.4 Å². The molecule has 9 nitrogen and oxygen atoms in total. The molecule has 1 aromatic heterocycles. The fourth-order valence-corrected chi connectivity index (χ4v) is 3.53. The molecule has 1 unspecified atom stereocenters. The van der Waals surface area contributed by atoms with Crippen LogP contribution in [0.15, 0.2) is 30.6 Å². The van der Waals surface area contributed by atoms with Crippen LogP contribution in [0.4, 0.5) is 5.82 Å². The number of ether oxygens (including phenoxy) is 1. The summed E-state index contributed by atoms with van der Waals surface area (Å²) in [5.74, 6) is -0.389. The third-order valence-electron chi connectivity index (χ3n) is 3.60. The van der Waals surface area contributed by atoms with Crippen LogP contribution in [-0.4, -0.2) is 44.3 Å². The number of anilines is 1. The molecule has 26 heavy (non-hydrogen) atoms. The van der Waals surface area contributed by atoms with Gasteiger partial charge in [0.2, 0.25) is 0 Å². The van der Waals surface area contributed by atoms with Crippen molar-refractivity contribution in [3.05, 3.63) is 41.9 Å². The van der Waals surface area contributed by atoms with Gasteiger partial charge in [-0.15, -0.1) is 11.8 Å². The minimum atomic E-state index is -0.625. The maximum atomic E-state index is 12.4. The molecule has 4 N–H and O–H groups in total. The number of nitrogens with two attached hydrogens (primary N) is 1. The summed E-state index contributed by atoms with van der Waals surface area (Å²) in [5.41, 5.74) is 8.84. The molecule has 1 aliphatic rings. The first-order valence-corrected chi connectivity index (χ1v) is 8.83. The molecular weight excluding hydrogens is 358 g/mol. The zero-order valence-corrected chi connectivity index (χ0v) is 14.7. The van der Waals surface area contributed by atoms with Gasteiger partial charge in [0.1, 0.15) is 5.37 Å². The van der Waals surface area contributed by atoms with Gasteiger partial charge >= 0.3 is 0 Å². The van der Waals surface area contributed by atoms with E-state index in [1.165, 1.54) is 35.2 Å². The second-order valence-corrected chi connectivity index (χ2v) is 6.39. The molecule has 1 atom stereocenters. The fraction of sp³-hybridized carbons (Fsp3) is 0.250. The van der Waals surface area contributed by atoms with Crippen molar-refractivity contribution in [1.82, 2.24) is 20.4 Å². The number of hydrazine groups is 1. The molecule has 1 saturated heterocycles. The normalized spacial score (nSPS) is 16.6. The summed E-state index contributed by atoms with van der Waals surface area (Å²) >= 11 is 1.34. The second kappa shape index (κ2) is 7.48. The molecule has 0 spiro atoms. The molecule has 1 fully saturated rings. The number of phenols is 1. The third-order valence-corrected chi connectivity index (χ3v) is 4.81. The van der Waals surface area contributed by atoms with E-state index in [4.69, 9.17) is 10.5 Å². The Morgan fingerprint density at radius 1 is 1.46 bits per heavy atom. The van der Waals surface area contributed by atoms with Crippen LogP contribution in [0.2, 0.25) is 0 Å². The standard InChI is InChI=1S/C16H17N5O4S/c1-2-25-11-7-9(3-4-10(11)22)16-21(12(23)8-26-16)20-15(24)13-14(17)19-6-5-18-13/h3-7,16,22H,2,8H2,1H3,(H2,17,19)(H,20,24). The van der Waals surface area contributed by atoms with Crippen molar-refractivity contribution in [2.45, 2.75) is 12.3 Å². The largest absolute Gasteiger partial charge is 0.504 e. The number of nitrogen functional groups attached to an aromatic ring is 1. The van der Waals surface area contributed by atoms with Crippen molar-refractivity contribution in [2.75, 3.05) is 18.1 Å². The Morgan fingerprint density at radius 3 is 2.96 bits per heavy atom. The molecule has 0 radical (unpaired) electrons. The number of hydrogen-bond donors (Lipinski definition) is 3. The Labute approximate surface area is 153 Å². The van der Waals surface area contributed by atoms with E-state index >= 15 is 0 Å². The van der Waals surface area contributed by atoms with Gasteiger partial charge in [0, 0.05) is 12.4 Å². The van der Waals surface area contributed by atoms with Gasteiger partial charge in [-0.3, -0.25) is 15.0 Å². The zero-order chi connectivity index (χ0) is 18.7. The molecule has 10 heteroatoms. The quantitative estimate of drug-likeness (QED) is 0.708. The molecule has 0 saturated carbocycles. The number of thioether (sulfide) groups is 1. The highest BCUT2D eigenvalue weighted by molar-refractivity contribution is 8.00. The molecule has 136 valence electrons. The molecule has 3 rings (SSSR count). The van der Waals surface area contributed by atoms with Gasteiger partial charge in [0.15, 0.2) is 23.0 Å². The Balaban J connectivity index is 1.84. The fourth-order valence-electron chi connectivity index (χ4n) is 2.43. The Morgan fingerprint density at radius 2 is 2.23 bits per heavy atom. The highest BCUT2D eigenvalue weighted by atomic mass is 32.2. The van der Waals surface area contributed by atoms with Crippen LogP contribution in [0.5, 0.6) is 11.5 Å². The van der Waals surface area contributed by atoms with Gasteiger partial charge in [0.05, 0.1) is 12.4 Å². The summed E-state index contributed by atoms with van der Waals surface area (Å²) < 4.78 is 5.38. The molecule has 2 aromatic rings. The molecule has 2 amide bonds. The van der Waals surface area contributed by atoms with Gasteiger partial charge in [0.25, 0.3) is 11.8 Å². The predicted molar refractivity (Wildman–Crippen MR) is 95.2 cm³/mol. The van der Waals surface area contributed by atoms with Crippen LogP contribution in [-0.2, 0) is 4.79 Å². The second-order valence-electron chi connectivity index (χ2n) is 5.32. The van der Waals surface area contributed by atoms with E-state index in [0.717, 1.165) is 0 Å². The minimum absolute atomic E-state index is 0.00726. The number of aromatic nitrogens is 2. The van der Waals surface area contributed by atoms with Gasteiger partial charge in [-0.1, -0.05) is 6.07 Å². The molecule has 0 aliphatic carbocycles. The van der Waals surface area contributed by atoms with Crippen molar-refractivity contribution in [3.8, 4) is 11.5 Å². The lowest BCUT2D eigenvalue weighted by atomic mass is 10.2. The maximum absolute atomic E-state index is 12.4. The minimum Gasteiger partial charge on any atom is -0.504 e. The lowest BCUT2D eigenvalue weighted by Crippen LogP contribution is -2.45. The number of carbonyl (C=O) groups excluding carboxylic acids is 2. The monoisotopic (exact) mass is 375 g/mol. The van der Waals surface area contributed by atoms with Crippen LogP contribution in [0.3, 0.4) is 0 Å². The van der Waals surface area contributed by atoms with Crippen molar-refractivity contribution < 1.29 is 19.4 Å². The Hall–Kier alpha value is -3.01. The average molecular weight is 375 g/mol. The lowest BCUT2D eigenvalue weighted by molar-refractivity contribution is -0.130. The van der Waals surface area contributed by atoms with Gasteiger partial charge in [-0.2, -0.15) is 0 Å². The Bertz CT molecular complexity index is 847. The number of nitrogens with one attached hydrogen (secondary N) is 1. The number of hydrogen-bond acceptors (Lipinski definition) is 8. The zero-order valence-electron chi connectivity index (χ0n) is 13.9. The van der Waals surface area contributed by atoms with E-state index in [0.29, 0.717) is 17.9 Å². The van der Waals surface area contributed by atoms with Crippen LogP contribution in [0.1, 0.15) is 28.3 Å². The summed E-state index contributed by atoms with van der Waals surface area (Å²) in [6.45, 7) is 2.19. The highest BCUT2D eigenvalue weighted by Crippen LogP contribution is 2.40. The Kier molecular flexibility index (Phi) is 5.12. The van der Waals surface area contributed by atoms with Crippen LogP contribution in [0.25, 0.3) is 0 Å². The van der Waals surface area contributed by atoms with Crippen molar-refractivity contribution in [1.29, 1.82) is 0 Å². The van der Waals surface area contributed by atoms with E-state index in [1.807, 2.05) is 0 Å². The van der Waals surface area contributed by atoms with Gasteiger partial charge in [-0.25, -0.2) is 15.0 Å². The van der Waals surface area contributed by atoms with E-state index < -0.39 is 11.3 Å². The first-order chi connectivity index (χ1) is 12.5. The van der Waals surface area contributed by atoms with Crippen LogP contribution >= 0.6 is 11.8 Å². The third kappa shape index (κ3) is 3.49. The number of amides is 2. The SMILES string of the molecule is CCOc1cc(C2SCC(=O)N2NC(=O)c2nccnc2N)ccc1O. The first-order valence-electron chi connectivity index (χ1n) is 7.78. The highest BCUT2D eigenvalue weighted by Gasteiger charge is 2.35. The number of carbonyl (C=O) groups is 2. The van der Waals surface area contributed by atoms with Crippen LogP contribution in [0, 0.1) is 0 Å². The number of nitrogens with zero attached hydrogens (tertiary/aromatic N) is 3. The summed E-state index contributed by atoms with van der Waals surface area (Å²) in [6, 6.07) is 4.80. The molecule has 1 aromatic carbocycles.